The second kappa shape index (κ2) is 7.62. The average Bonchev–Trinajstić information content (AvgIpc) is 2.91. The van der Waals surface area contributed by atoms with Crippen LogP contribution in [0.1, 0.15) is 25.0 Å². The van der Waals surface area contributed by atoms with Gasteiger partial charge in [0.05, 0.1) is 12.7 Å². The zero-order valence-corrected chi connectivity index (χ0v) is 13.3. The maximum atomic E-state index is 8.73. The molecule has 0 aliphatic carbocycles. The summed E-state index contributed by atoms with van der Waals surface area (Å²) in [5, 5.41) is 16.5. The van der Waals surface area contributed by atoms with Gasteiger partial charge >= 0.3 is 0 Å². The lowest BCUT2D eigenvalue weighted by atomic mass is 10.2. The molecule has 5 nitrogen and oxygen atoms in total. The molecule has 1 aromatic heterocycles. The number of hydrogen-bond acceptors (Lipinski definition) is 4. The van der Waals surface area contributed by atoms with Crippen molar-refractivity contribution >= 4 is 0 Å². The van der Waals surface area contributed by atoms with Gasteiger partial charge in [0.25, 0.3) is 0 Å². The quantitative estimate of drug-likeness (QED) is 0.853. The largest absolute Gasteiger partial charge is 0.476 e. The summed E-state index contributed by atoms with van der Waals surface area (Å²) in [4.78, 5) is 0. The van der Waals surface area contributed by atoms with Gasteiger partial charge in [-0.1, -0.05) is 12.1 Å². The summed E-state index contributed by atoms with van der Waals surface area (Å²) in [5.74, 6) is 0.720. The molecule has 0 fully saturated rings. The van der Waals surface area contributed by atoms with Gasteiger partial charge < -0.3 is 10.1 Å². The molecule has 0 bridgehead atoms. The van der Waals surface area contributed by atoms with Crippen molar-refractivity contribution in [3.05, 3.63) is 47.8 Å². The van der Waals surface area contributed by atoms with Gasteiger partial charge in [0, 0.05) is 18.8 Å². The van der Waals surface area contributed by atoms with E-state index in [1.807, 2.05) is 48.3 Å². The van der Waals surface area contributed by atoms with Crippen molar-refractivity contribution in [1.29, 1.82) is 5.26 Å². The summed E-state index contributed by atoms with van der Waals surface area (Å²) in [6, 6.07) is 10.2. The molecule has 1 aromatic carbocycles. The van der Waals surface area contributed by atoms with Crippen molar-refractivity contribution in [3.63, 3.8) is 0 Å². The Hall–Kier alpha value is -2.32. The van der Waals surface area contributed by atoms with E-state index in [4.69, 9.17) is 10.00 Å². The van der Waals surface area contributed by atoms with E-state index in [0.29, 0.717) is 6.04 Å². The van der Waals surface area contributed by atoms with Gasteiger partial charge in [-0.3, -0.25) is 4.68 Å². The normalized spacial score (nSPS) is 13.4. The fourth-order valence-electron chi connectivity index (χ4n) is 2.12. The highest BCUT2D eigenvalue weighted by atomic mass is 16.5. The van der Waals surface area contributed by atoms with Gasteiger partial charge in [-0.2, -0.15) is 10.4 Å². The molecule has 0 aliphatic heterocycles. The Morgan fingerprint density at radius 2 is 2.05 bits per heavy atom. The highest BCUT2D eigenvalue weighted by Crippen LogP contribution is 2.13. The molecule has 0 aliphatic rings. The van der Waals surface area contributed by atoms with E-state index >= 15 is 0 Å². The van der Waals surface area contributed by atoms with Gasteiger partial charge in [0.2, 0.25) is 0 Å². The molecule has 0 amide bonds. The van der Waals surface area contributed by atoms with E-state index in [-0.39, 0.29) is 0 Å². The van der Waals surface area contributed by atoms with Crippen molar-refractivity contribution < 1.29 is 4.74 Å². The number of aryl methyl sites for hydroxylation is 1. The number of nitriles is 1. The maximum absolute atomic E-state index is 8.73. The van der Waals surface area contributed by atoms with Crippen LogP contribution < -0.4 is 10.1 Å². The summed E-state index contributed by atoms with van der Waals surface area (Å²) < 4.78 is 7.38. The van der Waals surface area contributed by atoms with Crippen LogP contribution in [0, 0.1) is 18.3 Å². The molecule has 0 radical (unpaired) electrons. The number of nitrogens with one attached hydrogen (secondary N) is 1. The van der Waals surface area contributed by atoms with Crippen molar-refractivity contribution in [2.24, 2.45) is 0 Å². The van der Waals surface area contributed by atoms with E-state index in [9.17, 15) is 0 Å². The van der Waals surface area contributed by atoms with E-state index in [1.165, 1.54) is 11.1 Å². The van der Waals surface area contributed by atoms with Crippen LogP contribution >= 0.6 is 0 Å². The SMILES string of the molecule is Cc1cnn(C[C@H](C)NCc2ccc(O[C@@H](C)C#N)cc2)c1. The third-order valence-electron chi connectivity index (χ3n) is 3.30. The first-order valence-corrected chi connectivity index (χ1v) is 7.44. The average molecular weight is 298 g/mol. The lowest BCUT2D eigenvalue weighted by Gasteiger charge is -2.14. The summed E-state index contributed by atoms with van der Waals surface area (Å²) in [6.07, 6.45) is 3.48. The van der Waals surface area contributed by atoms with Gasteiger partial charge in [0.1, 0.15) is 11.8 Å². The molecule has 5 heteroatoms. The van der Waals surface area contributed by atoms with E-state index in [1.54, 1.807) is 6.92 Å². The summed E-state index contributed by atoms with van der Waals surface area (Å²) in [7, 11) is 0. The molecule has 2 aromatic rings. The second-order valence-electron chi connectivity index (χ2n) is 5.55. The van der Waals surface area contributed by atoms with Crippen LogP contribution in [0.4, 0.5) is 0 Å². The van der Waals surface area contributed by atoms with Gasteiger partial charge in [-0.15, -0.1) is 0 Å². The number of aromatic nitrogens is 2. The molecule has 1 heterocycles. The van der Waals surface area contributed by atoms with E-state index in [0.717, 1.165) is 18.8 Å². The van der Waals surface area contributed by atoms with Crippen LogP contribution in [-0.4, -0.2) is 21.9 Å². The van der Waals surface area contributed by atoms with Crippen molar-refractivity contribution in [1.82, 2.24) is 15.1 Å². The molecule has 0 saturated carbocycles. The molecule has 0 saturated heterocycles. The van der Waals surface area contributed by atoms with Gasteiger partial charge in [-0.25, -0.2) is 0 Å². The molecule has 0 unspecified atom stereocenters. The van der Waals surface area contributed by atoms with Gasteiger partial charge in [0.15, 0.2) is 6.10 Å². The third-order valence-corrected chi connectivity index (χ3v) is 3.30. The molecule has 1 N–H and O–H groups in total. The lowest BCUT2D eigenvalue weighted by Crippen LogP contribution is -2.30. The zero-order chi connectivity index (χ0) is 15.9. The predicted molar refractivity (Wildman–Crippen MR) is 85.4 cm³/mol. The summed E-state index contributed by atoms with van der Waals surface area (Å²) in [6.45, 7) is 7.54. The third kappa shape index (κ3) is 4.90. The number of benzene rings is 1. The van der Waals surface area contributed by atoms with Gasteiger partial charge in [-0.05, 0) is 44.0 Å². The lowest BCUT2D eigenvalue weighted by molar-refractivity contribution is 0.276. The monoisotopic (exact) mass is 298 g/mol. The Morgan fingerprint density at radius 3 is 2.64 bits per heavy atom. The molecular formula is C17H22N4O. The molecule has 2 atom stereocenters. The minimum atomic E-state index is -0.429. The smallest absolute Gasteiger partial charge is 0.181 e. The zero-order valence-electron chi connectivity index (χ0n) is 13.3. The topological polar surface area (TPSA) is 62.9 Å². The Balaban J connectivity index is 1.80. The number of hydrogen-bond donors (Lipinski definition) is 1. The first-order chi connectivity index (χ1) is 10.6. The Labute approximate surface area is 131 Å². The Kier molecular flexibility index (Phi) is 5.56. The van der Waals surface area contributed by atoms with Crippen molar-refractivity contribution in [2.75, 3.05) is 0 Å². The Bertz CT molecular complexity index is 627. The van der Waals surface area contributed by atoms with E-state index < -0.39 is 6.10 Å². The fraction of sp³-hybridized carbons (Fsp3) is 0.412. The minimum absolute atomic E-state index is 0.328. The second-order valence-corrected chi connectivity index (χ2v) is 5.55. The highest BCUT2D eigenvalue weighted by Gasteiger charge is 2.05. The first kappa shape index (κ1) is 16.1. The maximum Gasteiger partial charge on any atom is 0.181 e. The summed E-state index contributed by atoms with van der Waals surface area (Å²) in [5.41, 5.74) is 2.36. The van der Waals surface area contributed by atoms with Crippen LogP contribution in [0.3, 0.4) is 0 Å². The highest BCUT2D eigenvalue weighted by molar-refractivity contribution is 5.27. The molecule has 116 valence electrons. The van der Waals surface area contributed by atoms with E-state index in [2.05, 4.69) is 23.4 Å². The van der Waals surface area contributed by atoms with Crippen molar-refractivity contribution in [2.45, 2.75) is 46.0 Å². The fourth-order valence-corrected chi connectivity index (χ4v) is 2.12. The first-order valence-electron chi connectivity index (χ1n) is 7.44. The predicted octanol–water partition coefficient (Wildman–Crippen LogP) is 2.66. The van der Waals surface area contributed by atoms with Crippen LogP contribution in [0.2, 0.25) is 0 Å². The molecule has 2 rings (SSSR count). The minimum Gasteiger partial charge on any atom is -0.476 e. The summed E-state index contributed by atoms with van der Waals surface area (Å²) >= 11 is 0. The molecular weight excluding hydrogens is 276 g/mol. The Morgan fingerprint density at radius 1 is 1.32 bits per heavy atom. The molecule has 22 heavy (non-hydrogen) atoms. The number of ether oxygens (including phenoxy) is 1. The molecule has 0 spiro atoms. The van der Waals surface area contributed by atoms with Crippen LogP contribution in [0.25, 0.3) is 0 Å². The number of rotatable bonds is 7. The number of nitrogens with zero attached hydrogens (tertiary/aromatic N) is 3. The standard InChI is InChI=1S/C17H22N4O/c1-13-9-20-21(11-13)12-14(2)19-10-16-4-6-17(7-5-16)22-15(3)8-18/h4-7,9,11,14-15,19H,10,12H2,1-3H3/t14-,15-/m0/s1. The van der Waals surface area contributed by atoms with Crippen LogP contribution in [0.15, 0.2) is 36.7 Å². The van der Waals surface area contributed by atoms with Crippen LogP contribution in [-0.2, 0) is 13.1 Å². The van der Waals surface area contributed by atoms with Crippen LogP contribution in [0.5, 0.6) is 5.75 Å². The van der Waals surface area contributed by atoms with Crippen molar-refractivity contribution in [3.8, 4) is 11.8 Å².